The molecule has 2 rings (SSSR count). The van der Waals surface area contributed by atoms with E-state index in [2.05, 4.69) is 11.1 Å². The molecule has 0 bridgehead atoms. The van der Waals surface area contributed by atoms with Gasteiger partial charge in [-0.2, -0.15) is 5.26 Å². The van der Waals surface area contributed by atoms with Gasteiger partial charge in [-0.3, -0.25) is 4.79 Å². The van der Waals surface area contributed by atoms with Crippen LogP contribution in [0.25, 0.3) is 0 Å². The summed E-state index contributed by atoms with van der Waals surface area (Å²) in [5.74, 6) is 0.126. The molecule has 3 nitrogen and oxygen atoms in total. The number of aromatic nitrogens is 1. The van der Waals surface area contributed by atoms with Crippen molar-refractivity contribution >= 4 is 17.4 Å². The maximum Gasteiger partial charge on any atom is 0.136 e. The molecule has 70 valence electrons. The molecular weight excluding hydrogens is 200 g/mol. The van der Waals surface area contributed by atoms with Gasteiger partial charge in [0.2, 0.25) is 0 Å². The highest BCUT2D eigenvalue weighted by Gasteiger charge is 2.45. The van der Waals surface area contributed by atoms with Gasteiger partial charge in [0.1, 0.15) is 10.9 Å². The largest absolute Gasteiger partial charge is 0.300 e. The summed E-state index contributed by atoms with van der Waals surface area (Å²) in [5.41, 5.74) is 0.137. The summed E-state index contributed by atoms with van der Waals surface area (Å²) in [6.45, 7) is 0. The van der Waals surface area contributed by atoms with Gasteiger partial charge in [-0.25, -0.2) is 4.98 Å². The smallest absolute Gasteiger partial charge is 0.136 e. The van der Waals surface area contributed by atoms with E-state index in [0.717, 1.165) is 5.56 Å². The van der Waals surface area contributed by atoms with Crippen LogP contribution in [0.4, 0.5) is 0 Å². The highest BCUT2D eigenvalue weighted by Crippen LogP contribution is 2.40. The number of hydrogen-bond acceptors (Lipinski definition) is 3. The number of nitriles is 1. The van der Waals surface area contributed by atoms with Crippen molar-refractivity contribution < 1.29 is 4.79 Å². The van der Waals surface area contributed by atoms with E-state index in [1.54, 1.807) is 18.3 Å². The zero-order valence-electron chi connectivity index (χ0n) is 7.33. The summed E-state index contributed by atoms with van der Waals surface area (Å²) in [6.07, 6.45) is 2.16. The van der Waals surface area contributed by atoms with Crippen molar-refractivity contribution in [2.45, 2.75) is 18.3 Å². The van der Waals surface area contributed by atoms with E-state index in [-0.39, 0.29) is 5.78 Å². The number of carbonyl (C=O) groups is 1. The molecule has 1 aliphatic rings. The number of carbonyl (C=O) groups excluding carboxylic acids is 1. The molecule has 0 N–H and O–H groups in total. The second-order valence-electron chi connectivity index (χ2n) is 3.46. The monoisotopic (exact) mass is 206 g/mol. The molecular formula is C10H7ClN2O. The Hall–Kier alpha value is -1.40. The molecule has 0 spiro atoms. The molecule has 1 aromatic rings. The van der Waals surface area contributed by atoms with E-state index in [1.165, 1.54) is 0 Å². The fourth-order valence-electron chi connectivity index (χ4n) is 1.63. The van der Waals surface area contributed by atoms with Crippen LogP contribution >= 0.6 is 11.6 Å². The van der Waals surface area contributed by atoms with Gasteiger partial charge in [-0.05, 0) is 11.6 Å². The van der Waals surface area contributed by atoms with Crippen LogP contribution in [0.5, 0.6) is 0 Å². The maximum atomic E-state index is 10.9. The molecule has 4 heteroatoms. The molecule has 1 heterocycles. The minimum Gasteiger partial charge on any atom is -0.300 e. The van der Waals surface area contributed by atoms with Gasteiger partial charge in [0, 0.05) is 19.0 Å². The van der Waals surface area contributed by atoms with Gasteiger partial charge >= 0.3 is 0 Å². The lowest BCUT2D eigenvalue weighted by Crippen LogP contribution is -2.40. The first-order chi connectivity index (χ1) is 6.66. The molecule has 0 atom stereocenters. The van der Waals surface area contributed by atoms with Gasteiger partial charge in [0.05, 0.1) is 11.5 Å². The number of halogens is 1. The number of pyridine rings is 1. The first-order valence-corrected chi connectivity index (χ1v) is 4.59. The van der Waals surface area contributed by atoms with Crippen LogP contribution in [0.15, 0.2) is 18.3 Å². The Morgan fingerprint density at radius 1 is 1.50 bits per heavy atom. The Bertz CT molecular complexity index is 411. The van der Waals surface area contributed by atoms with Gasteiger partial charge < -0.3 is 0 Å². The van der Waals surface area contributed by atoms with Crippen LogP contribution in [0.3, 0.4) is 0 Å². The quantitative estimate of drug-likeness (QED) is 0.659. The lowest BCUT2D eigenvalue weighted by atomic mass is 9.65. The van der Waals surface area contributed by atoms with E-state index in [4.69, 9.17) is 16.9 Å². The summed E-state index contributed by atoms with van der Waals surface area (Å²) < 4.78 is 0. The van der Waals surface area contributed by atoms with E-state index < -0.39 is 5.41 Å². The number of nitrogens with zero attached hydrogens (tertiary/aromatic N) is 2. The molecule has 1 fully saturated rings. The molecule has 1 aliphatic carbocycles. The topological polar surface area (TPSA) is 53.8 Å². The molecule has 0 unspecified atom stereocenters. The fraction of sp³-hybridized carbons (Fsp3) is 0.300. The standard InChI is InChI=1S/C10H7ClN2O/c11-9-2-1-7(5-13-9)10(6-12)3-8(14)4-10/h1-2,5H,3-4H2. The second kappa shape index (κ2) is 3.07. The third kappa shape index (κ3) is 1.28. The Labute approximate surface area is 86.3 Å². The van der Waals surface area contributed by atoms with Crippen LogP contribution in [0.1, 0.15) is 18.4 Å². The predicted octanol–water partition coefficient (Wildman–Crippen LogP) is 1.86. The summed E-state index contributed by atoms with van der Waals surface area (Å²) >= 11 is 5.63. The van der Waals surface area contributed by atoms with Crippen molar-refractivity contribution in [1.29, 1.82) is 5.26 Å². The highest BCUT2D eigenvalue weighted by molar-refractivity contribution is 6.29. The first kappa shape index (κ1) is 9.17. The third-order valence-electron chi connectivity index (χ3n) is 2.49. The van der Waals surface area contributed by atoms with Crippen molar-refractivity contribution in [3.8, 4) is 6.07 Å². The molecule has 0 saturated heterocycles. The predicted molar refractivity (Wildman–Crippen MR) is 50.8 cm³/mol. The average molecular weight is 207 g/mol. The second-order valence-corrected chi connectivity index (χ2v) is 3.84. The molecule has 14 heavy (non-hydrogen) atoms. The van der Waals surface area contributed by atoms with Crippen LogP contribution in [-0.4, -0.2) is 10.8 Å². The van der Waals surface area contributed by atoms with Crippen molar-refractivity contribution in [3.63, 3.8) is 0 Å². The molecule has 0 aromatic carbocycles. The van der Waals surface area contributed by atoms with E-state index in [9.17, 15) is 4.79 Å². The molecule has 0 amide bonds. The van der Waals surface area contributed by atoms with Crippen LogP contribution in [0.2, 0.25) is 5.15 Å². The summed E-state index contributed by atoms with van der Waals surface area (Å²) in [4.78, 5) is 14.8. The third-order valence-corrected chi connectivity index (χ3v) is 2.72. The lowest BCUT2D eigenvalue weighted by Gasteiger charge is -2.33. The molecule has 0 radical (unpaired) electrons. The zero-order valence-corrected chi connectivity index (χ0v) is 8.08. The minimum absolute atomic E-state index is 0.126. The lowest BCUT2D eigenvalue weighted by molar-refractivity contribution is -0.126. The van der Waals surface area contributed by atoms with Crippen LogP contribution in [0, 0.1) is 11.3 Å². The van der Waals surface area contributed by atoms with Gasteiger partial charge in [0.25, 0.3) is 0 Å². The van der Waals surface area contributed by atoms with Gasteiger partial charge in [0.15, 0.2) is 0 Å². The molecule has 0 aliphatic heterocycles. The van der Waals surface area contributed by atoms with Gasteiger partial charge in [-0.15, -0.1) is 0 Å². The van der Waals surface area contributed by atoms with E-state index >= 15 is 0 Å². The summed E-state index contributed by atoms with van der Waals surface area (Å²) in [5, 5.41) is 9.41. The fourth-order valence-corrected chi connectivity index (χ4v) is 1.74. The average Bonchev–Trinajstić information content (AvgIpc) is 2.14. The highest BCUT2D eigenvalue weighted by atomic mass is 35.5. The summed E-state index contributed by atoms with van der Waals surface area (Å²) in [6, 6.07) is 5.57. The Balaban J connectivity index is 2.35. The Kier molecular flexibility index (Phi) is 2.01. The first-order valence-electron chi connectivity index (χ1n) is 4.21. The zero-order chi connectivity index (χ0) is 10.2. The van der Waals surface area contributed by atoms with Crippen LogP contribution in [-0.2, 0) is 10.2 Å². The maximum absolute atomic E-state index is 10.9. The normalized spacial score (nSPS) is 18.4. The molecule has 1 aromatic heterocycles. The summed E-state index contributed by atoms with van der Waals surface area (Å²) in [7, 11) is 0. The molecule has 1 saturated carbocycles. The number of Topliss-reactive ketones (excluding diaryl/α,β-unsaturated/α-hetero) is 1. The van der Waals surface area contributed by atoms with Gasteiger partial charge in [-0.1, -0.05) is 17.7 Å². The van der Waals surface area contributed by atoms with Crippen molar-refractivity contribution in [3.05, 3.63) is 29.0 Å². The van der Waals surface area contributed by atoms with Crippen molar-refractivity contribution in [1.82, 2.24) is 4.98 Å². The van der Waals surface area contributed by atoms with E-state index in [1.807, 2.05) is 0 Å². The van der Waals surface area contributed by atoms with Crippen molar-refractivity contribution in [2.75, 3.05) is 0 Å². The number of rotatable bonds is 1. The van der Waals surface area contributed by atoms with Crippen LogP contribution < -0.4 is 0 Å². The number of hydrogen-bond donors (Lipinski definition) is 0. The van der Waals surface area contributed by atoms with Crippen molar-refractivity contribution in [2.24, 2.45) is 0 Å². The Morgan fingerprint density at radius 2 is 2.21 bits per heavy atom. The Morgan fingerprint density at radius 3 is 2.64 bits per heavy atom. The minimum atomic E-state index is -0.644. The SMILES string of the molecule is N#CC1(c2ccc(Cl)nc2)CC(=O)C1. The van der Waals surface area contributed by atoms with E-state index in [0.29, 0.717) is 18.0 Å². The number of ketones is 1.